The molecule has 2 aromatic carbocycles. The van der Waals surface area contributed by atoms with Crippen LogP contribution in [-0.2, 0) is 6.18 Å². The van der Waals surface area contributed by atoms with Crippen molar-refractivity contribution >= 4 is 5.69 Å². The lowest BCUT2D eigenvalue weighted by Crippen LogP contribution is -2.17. The largest absolute Gasteiger partial charge is 0.573 e. The van der Waals surface area contributed by atoms with Crippen LogP contribution in [0.3, 0.4) is 0 Å². The minimum absolute atomic E-state index is 0.0334. The first-order valence-corrected chi connectivity index (χ1v) is 6.72. The Morgan fingerprint density at radius 3 is 2.00 bits per heavy atom. The number of hydrogen-bond acceptors (Lipinski definition) is 2. The van der Waals surface area contributed by atoms with E-state index < -0.39 is 23.9 Å². The number of anilines is 1. The standard InChI is InChI=1S/C16H13F6NO/c1-23(2)14-7-6-11(9-13(14)15(17,18)19)10-4-3-5-12(8-10)24-16(20,21)22/h3-9H,1-2H3. The van der Waals surface area contributed by atoms with E-state index in [0.717, 1.165) is 18.2 Å². The van der Waals surface area contributed by atoms with E-state index in [9.17, 15) is 26.3 Å². The summed E-state index contributed by atoms with van der Waals surface area (Å²) in [4.78, 5) is 1.32. The molecule has 0 saturated heterocycles. The molecule has 2 rings (SSSR count). The molecular formula is C16H13F6NO. The first kappa shape index (κ1) is 18.0. The summed E-state index contributed by atoms with van der Waals surface area (Å²) in [6.07, 6.45) is -9.46. The maximum absolute atomic E-state index is 13.2. The third-order valence-corrected chi connectivity index (χ3v) is 3.18. The number of nitrogens with zero attached hydrogens (tertiary/aromatic N) is 1. The minimum Gasteiger partial charge on any atom is -0.406 e. The maximum atomic E-state index is 13.2. The first-order valence-electron chi connectivity index (χ1n) is 6.72. The Kier molecular flexibility index (Phi) is 4.68. The fraction of sp³-hybridized carbons (Fsp3) is 0.250. The van der Waals surface area contributed by atoms with Crippen LogP contribution in [0, 0.1) is 0 Å². The zero-order valence-electron chi connectivity index (χ0n) is 12.7. The quantitative estimate of drug-likeness (QED) is 0.694. The summed E-state index contributed by atoms with van der Waals surface area (Å²) >= 11 is 0. The van der Waals surface area contributed by atoms with Crippen LogP contribution >= 0.6 is 0 Å². The molecule has 0 saturated carbocycles. The van der Waals surface area contributed by atoms with Crippen molar-refractivity contribution in [1.82, 2.24) is 0 Å². The highest BCUT2D eigenvalue weighted by Gasteiger charge is 2.34. The molecule has 0 bridgehead atoms. The molecule has 0 aliphatic heterocycles. The van der Waals surface area contributed by atoms with Crippen LogP contribution in [0.1, 0.15) is 5.56 Å². The number of alkyl halides is 6. The Morgan fingerprint density at radius 1 is 0.833 bits per heavy atom. The van der Waals surface area contributed by atoms with Gasteiger partial charge >= 0.3 is 12.5 Å². The van der Waals surface area contributed by atoms with Crippen molar-refractivity contribution in [2.45, 2.75) is 12.5 Å². The van der Waals surface area contributed by atoms with Crippen molar-refractivity contribution in [1.29, 1.82) is 0 Å². The van der Waals surface area contributed by atoms with Gasteiger partial charge in [0.2, 0.25) is 0 Å². The van der Waals surface area contributed by atoms with Crippen LogP contribution in [0.15, 0.2) is 42.5 Å². The van der Waals surface area contributed by atoms with Crippen LogP contribution < -0.4 is 9.64 Å². The van der Waals surface area contributed by atoms with Crippen molar-refractivity contribution in [3.05, 3.63) is 48.0 Å². The molecule has 2 aromatic rings. The number of ether oxygens (including phenoxy) is 1. The van der Waals surface area contributed by atoms with E-state index in [1.807, 2.05) is 0 Å². The second-order valence-corrected chi connectivity index (χ2v) is 5.20. The average molecular weight is 349 g/mol. The smallest absolute Gasteiger partial charge is 0.406 e. The van der Waals surface area contributed by atoms with Crippen LogP contribution in [0.5, 0.6) is 5.75 Å². The summed E-state index contributed by atoms with van der Waals surface area (Å²) in [5, 5.41) is 0. The second-order valence-electron chi connectivity index (χ2n) is 5.20. The average Bonchev–Trinajstić information content (AvgIpc) is 2.44. The molecule has 0 heterocycles. The summed E-state index contributed by atoms with van der Waals surface area (Å²) < 4.78 is 80.2. The van der Waals surface area contributed by atoms with Crippen molar-refractivity contribution in [2.75, 3.05) is 19.0 Å². The highest BCUT2D eigenvalue weighted by Crippen LogP contribution is 2.39. The molecule has 0 aliphatic carbocycles. The fourth-order valence-corrected chi connectivity index (χ4v) is 2.21. The van der Waals surface area contributed by atoms with E-state index in [2.05, 4.69) is 4.74 Å². The van der Waals surface area contributed by atoms with Gasteiger partial charge in [-0.15, -0.1) is 13.2 Å². The summed E-state index contributed by atoms with van der Waals surface area (Å²) in [6, 6.07) is 8.40. The molecule has 0 fully saturated rings. The first-order chi connectivity index (χ1) is 11.0. The van der Waals surface area contributed by atoms with Gasteiger partial charge in [0.15, 0.2) is 0 Å². The predicted molar refractivity (Wildman–Crippen MR) is 77.9 cm³/mol. The lowest BCUT2D eigenvalue weighted by atomic mass is 10.0. The highest BCUT2D eigenvalue weighted by molar-refractivity contribution is 5.70. The van der Waals surface area contributed by atoms with E-state index in [4.69, 9.17) is 0 Å². The molecule has 0 spiro atoms. The Hall–Kier alpha value is -2.38. The zero-order chi connectivity index (χ0) is 18.1. The van der Waals surface area contributed by atoms with E-state index in [0.29, 0.717) is 0 Å². The molecule has 0 N–H and O–H groups in total. The van der Waals surface area contributed by atoms with Crippen molar-refractivity contribution in [2.24, 2.45) is 0 Å². The van der Waals surface area contributed by atoms with Gasteiger partial charge in [-0.05, 0) is 35.4 Å². The van der Waals surface area contributed by atoms with Gasteiger partial charge in [-0.25, -0.2) is 0 Å². The Labute approximate surface area is 134 Å². The van der Waals surface area contributed by atoms with Crippen LogP contribution in [0.4, 0.5) is 32.0 Å². The second kappa shape index (κ2) is 6.26. The predicted octanol–water partition coefficient (Wildman–Crippen LogP) is 5.34. The van der Waals surface area contributed by atoms with Gasteiger partial charge in [0, 0.05) is 19.8 Å². The lowest BCUT2D eigenvalue weighted by Gasteiger charge is -2.20. The summed E-state index contributed by atoms with van der Waals surface area (Å²) in [6.45, 7) is 0. The van der Waals surface area contributed by atoms with Crippen LogP contribution in [0.25, 0.3) is 11.1 Å². The SMILES string of the molecule is CN(C)c1ccc(-c2cccc(OC(F)(F)F)c2)cc1C(F)(F)F. The molecule has 0 unspecified atom stereocenters. The van der Waals surface area contributed by atoms with E-state index in [-0.39, 0.29) is 16.8 Å². The third kappa shape index (κ3) is 4.33. The van der Waals surface area contributed by atoms with E-state index >= 15 is 0 Å². The van der Waals surface area contributed by atoms with Crippen LogP contribution in [-0.4, -0.2) is 20.5 Å². The van der Waals surface area contributed by atoms with Gasteiger partial charge in [-0.1, -0.05) is 18.2 Å². The van der Waals surface area contributed by atoms with Gasteiger partial charge in [-0.3, -0.25) is 0 Å². The molecule has 0 amide bonds. The van der Waals surface area contributed by atoms with Crippen LogP contribution in [0.2, 0.25) is 0 Å². The normalized spacial score (nSPS) is 12.2. The molecule has 24 heavy (non-hydrogen) atoms. The zero-order valence-corrected chi connectivity index (χ0v) is 12.7. The molecule has 0 radical (unpaired) electrons. The monoisotopic (exact) mass is 349 g/mol. The summed E-state index contributed by atoms with van der Waals surface area (Å²) in [5.41, 5.74) is -0.575. The Bertz CT molecular complexity index is 721. The van der Waals surface area contributed by atoms with Gasteiger partial charge in [-0.2, -0.15) is 13.2 Å². The Morgan fingerprint density at radius 2 is 1.46 bits per heavy atom. The number of hydrogen-bond donors (Lipinski definition) is 0. The number of rotatable bonds is 3. The molecule has 8 heteroatoms. The third-order valence-electron chi connectivity index (χ3n) is 3.18. The molecular weight excluding hydrogens is 336 g/mol. The highest BCUT2D eigenvalue weighted by atomic mass is 19.4. The van der Waals surface area contributed by atoms with Gasteiger partial charge in [0.1, 0.15) is 5.75 Å². The number of benzene rings is 2. The molecule has 0 aliphatic rings. The minimum atomic E-state index is -4.87. The number of halogens is 6. The van der Waals surface area contributed by atoms with E-state index in [1.54, 1.807) is 0 Å². The molecule has 2 nitrogen and oxygen atoms in total. The van der Waals surface area contributed by atoms with Crippen molar-refractivity contribution in [3.63, 3.8) is 0 Å². The molecule has 130 valence electrons. The topological polar surface area (TPSA) is 12.5 Å². The molecule has 0 aromatic heterocycles. The van der Waals surface area contributed by atoms with Crippen molar-refractivity contribution < 1.29 is 31.1 Å². The summed E-state index contributed by atoms with van der Waals surface area (Å²) in [5.74, 6) is -0.495. The van der Waals surface area contributed by atoms with Gasteiger partial charge in [0.25, 0.3) is 0 Å². The molecule has 0 atom stereocenters. The van der Waals surface area contributed by atoms with Gasteiger partial charge < -0.3 is 9.64 Å². The van der Waals surface area contributed by atoms with Crippen molar-refractivity contribution in [3.8, 4) is 16.9 Å². The van der Waals surface area contributed by atoms with Gasteiger partial charge in [0.05, 0.1) is 5.56 Å². The Balaban J connectivity index is 2.48. The lowest BCUT2D eigenvalue weighted by molar-refractivity contribution is -0.274. The van der Waals surface area contributed by atoms with E-state index in [1.165, 1.54) is 43.3 Å². The fourth-order valence-electron chi connectivity index (χ4n) is 2.21. The summed E-state index contributed by atoms with van der Waals surface area (Å²) in [7, 11) is 2.95. The maximum Gasteiger partial charge on any atom is 0.573 e.